The molecule has 1 aliphatic heterocycles. The smallest absolute Gasteiger partial charge is 0.247 e. The molecule has 1 amide bonds. The summed E-state index contributed by atoms with van der Waals surface area (Å²) in [4.78, 5) is 26.6. The number of carbonyl (C=O) groups is 2. The second-order valence-corrected chi connectivity index (χ2v) is 5.96. The fraction of sp³-hybridized carbons (Fsp3) is 0.0476. The van der Waals surface area contributed by atoms with Crippen molar-refractivity contribution in [3.05, 3.63) is 101 Å². The predicted molar refractivity (Wildman–Crippen MR) is 93.0 cm³/mol. The fourth-order valence-corrected chi connectivity index (χ4v) is 3.41. The lowest BCUT2D eigenvalue weighted by Crippen LogP contribution is -2.51. The first kappa shape index (κ1) is 15.3. The van der Waals surface area contributed by atoms with Gasteiger partial charge < -0.3 is 5.32 Å². The minimum absolute atomic E-state index is 0.315. The molecule has 4 heteroatoms. The Morgan fingerprint density at radius 2 is 1.44 bits per heavy atom. The zero-order valence-electron chi connectivity index (χ0n) is 13.2. The number of benzene rings is 3. The average Bonchev–Trinajstić information content (AvgIpc) is 2.63. The number of halogens is 1. The summed E-state index contributed by atoms with van der Waals surface area (Å²) in [5, 5.41) is 2.82. The van der Waals surface area contributed by atoms with Gasteiger partial charge in [0.1, 0.15) is 5.82 Å². The molecule has 0 bridgehead atoms. The molecule has 4 rings (SSSR count). The second kappa shape index (κ2) is 5.67. The second-order valence-electron chi connectivity index (χ2n) is 5.96. The van der Waals surface area contributed by atoms with Crippen molar-refractivity contribution in [3.8, 4) is 0 Å². The predicted octanol–water partition coefficient (Wildman–Crippen LogP) is 3.95. The molecule has 1 aliphatic rings. The van der Waals surface area contributed by atoms with Crippen molar-refractivity contribution in [1.82, 2.24) is 0 Å². The molecule has 1 N–H and O–H groups in total. The molecule has 3 aromatic carbocycles. The van der Waals surface area contributed by atoms with Crippen LogP contribution in [0.25, 0.3) is 0 Å². The number of amides is 1. The monoisotopic (exact) mass is 331 g/mol. The van der Waals surface area contributed by atoms with Crippen molar-refractivity contribution in [2.45, 2.75) is 5.41 Å². The number of rotatable bonds is 2. The van der Waals surface area contributed by atoms with Crippen molar-refractivity contribution in [3.63, 3.8) is 0 Å². The van der Waals surface area contributed by atoms with Crippen LogP contribution in [0.3, 0.4) is 0 Å². The van der Waals surface area contributed by atoms with Crippen LogP contribution in [-0.2, 0) is 10.2 Å². The number of hydrogen-bond acceptors (Lipinski definition) is 2. The van der Waals surface area contributed by atoms with E-state index in [1.807, 2.05) is 6.07 Å². The third kappa shape index (κ3) is 2.18. The molecule has 0 aromatic heterocycles. The standard InChI is InChI=1S/C21H14FNO2/c22-16-10-6-9-15(13-16)21(14-7-2-1-3-8-14)19(24)17-11-4-5-12-18(17)23-20(21)25/h1-13H,(H,23,25). The van der Waals surface area contributed by atoms with Gasteiger partial charge in [0.15, 0.2) is 11.2 Å². The zero-order chi connectivity index (χ0) is 17.4. The lowest BCUT2D eigenvalue weighted by atomic mass is 9.67. The number of nitrogens with one attached hydrogen (secondary N) is 1. The molecule has 0 aliphatic carbocycles. The number of hydrogen-bond donors (Lipinski definition) is 1. The van der Waals surface area contributed by atoms with Crippen LogP contribution >= 0.6 is 0 Å². The van der Waals surface area contributed by atoms with E-state index in [2.05, 4.69) is 5.32 Å². The first-order valence-corrected chi connectivity index (χ1v) is 7.91. The van der Waals surface area contributed by atoms with Crippen molar-refractivity contribution in [1.29, 1.82) is 0 Å². The highest BCUT2D eigenvalue weighted by Gasteiger charge is 2.52. The van der Waals surface area contributed by atoms with Crippen molar-refractivity contribution < 1.29 is 14.0 Å². The summed E-state index contributed by atoms with van der Waals surface area (Å²) in [7, 11) is 0. The minimum Gasteiger partial charge on any atom is -0.324 e. The van der Waals surface area contributed by atoms with Crippen LogP contribution in [0.5, 0.6) is 0 Å². The molecule has 0 radical (unpaired) electrons. The van der Waals surface area contributed by atoms with Crippen LogP contribution in [0.4, 0.5) is 10.1 Å². The van der Waals surface area contributed by atoms with Gasteiger partial charge in [-0.1, -0.05) is 54.6 Å². The summed E-state index contributed by atoms with van der Waals surface area (Å²) in [6.07, 6.45) is 0. The molecule has 122 valence electrons. The van der Waals surface area contributed by atoms with Gasteiger partial charge in [-0.25, -0.2) is 4.39 Å². The summed E-state index contributed by atoms with van der Waals surface area (Å²) in [6.45, 7) is 0. The van der Waals surface area contributed by atoms with E-state index in [4.69, 9.17) is 0 Å². The number of carbonyl (C=O) groups excluding carboxylic acids is 2. The quantitative estimate of drug-likeness (QED) is 0.723. The Bertz CT molecular complexity index is 984. The van der Waals surface area contributed by atoms with Crippen LogP contribution in [0.1, 0.15) is 21.5 Å². The van der Waals surface area contributed by atoms with E-state index in [0.717, 1.165) is 0 Å². The van der Waals surface area contributed by atoms with E-state index in [-0.39, 0.29) is 5.78 Å². The normalized spacial score (nSPS) is 19.2. The minimum atomic E-state index is -1.61. The van der Waals surface area contributed by atoms with E-state index >= 15 is 0 Å². The Hall–Kier alpha value is -3.27. The average molecular weight is 331 g/mol. The van der Waals surface area contributed by atoms with Gasteiger partial charge in [-0.05, 0) is 35.4 Å². The Balaban J connectivity index is 2.06. The molecule has 1 atom stereocenters. The number of para-hydroxylation sites is 1. The lowest BCUT2D eigenvalue weighted by Gasteiger charge is -2.36. The van der Waals surface area contributed by atoms with Crippen LogP contribution in [0.2, 0.25) is 0 Å². The van der Waals surface area contributed by atoms with E-state index in [1.54, 1.807) is 54.6 Å². The van der Waals surface area contributed by atoms with Gasteiger partial charge in [0.2, 0.25) is 5.91 Å². The van der Waals surface area contributed by atoms with Crippen LogP contribution < -0.4 is 5.32 Å². The van der Waals surface area contributed by atoms with Crippen molar-refractivity contribution >= 4 is 17.4 Å². The van der Waals surface area contributed by atoms with Gasteiger partial charge in [-0.2, -0.15) is 0 Å². The summed E-state index contributed by atoms with van der Waals surface area (Å²) in [5.74, 6) is -1.33. The number of fused-ring (bicyclic) bond motifs is 1. The molecule has 0 saturated heterocycles. The first-order chi connectivity index (χ1) is 12.1. The number of ketones is 1. The zero-order valence-corrected chi connectivity index (χ0v) is 13.2. The van der Waals surface area contributed by atoms with Crippen LogP contribution in [-0.4, -0.2) is 11.7 Å². The molecular weight excluding hydrogens is 317 g/mol. The molecule has 1 unspecified atom stereocenters. The van der Waals surface area contributed by atoms with E-state index in [1.165, 1.54) is 18.2 Å². The van der Waals surface area contributed by atoms with Gasteiger partial charge in [0.05, 0.1) is 5.69 Å². The summed E-state index contributed by atoms with van der Waals surface area (Å²) in [5.41, 5.74) is 0.0986. The van der Waals surface area contributed by atoms with E-state index < -0.39 is 17.1 Å². The molecule has 3 aromatic rings. The molecule has 0 fully saturated rings. The van der Waals surface area contributed by atoms with Crippen molar-refractivity contribution in [2.24, 2.45) is 0 Å². The van der Waals surface area contributed by atoms with Gasteiger partial charge >= 0.3 is 0 Å². The molecular formula is C21H14FNO2. The van der Waals surface area contributed by atoms with Crippen LogP contribution in [0.15, 0.2) is 78.9 Å². The third-order valence-corrected chi connectivity index (χ3v) is 4.57. The number of anilines is 1. The summed E-state index contributed by atoms with van der Waals surface area (Å²) in [6, 6.07) is 21.3. The molecule has 25 heavy (non-hydrogen) atoms. The maximum Gasteiger partial charge on any atom is 0.247 e. The molecule has 0 spiro atoms. The molecule has 1 heterocycles. The SMILES string of the molecule is O=C1Nc2ccccc2C(=O)C1(c1ccccc1)c1cccc(F)c1. The maximum absolute atomic E-state index is 13.9. The van der Waals surface area contributed by atoms with Gasteiger partial charge in [-0.15, -0.1) is 0 Å². The molecule has 3 nitrogen and oxygen atoms in total. The maximum atomic E-state index is 13.9. The topological polar surface area (TPSA) is 46.2 Å². The van der Waals surface area contributed by atoms with Gasteiger partial charge in [0, 0.05) is 5.56 Å². The highest BCUT2D eigenvalue weighted by Crippen LogP contribution is 2.41. The summed E-state index contributed by atoms with van der Waals surface area (Å²) >= 11 is 0. The number of Topliss-reactive ketones (excluding diaryl/α,β-unsaturated/α-hetero) is 1. The highest BCUT2D eigenvalue weighted by atomic mass is 19.1. The largest absolute Gasteiger partial charge is 0.324 e. The Kier molecular flexibility index (Phi) is 3.46. The Morgan fingerprint density at radius 1 is 0.760 bits per heavy atom. The van der Waals surface area contributed by atoms with Crippen LogP contribution in [0, 0.1) is 5.82 Å². The van der Waals surface area contributed by atoms with Crippen molar-refractivity contribution in [2.75, 3.05) is 5.32 Å². The summed E-state index contributed by atoms with van der Waals surface area (Å²) < 4.78 is 13.9. The Morgan fingerprint density at radius 3 is 2.20 bits per heavy atom. The highest BCUT2D eigenvalue weighted by molar-refractivity contribution is 6.29. The van der Waals surface area contributed by atoms with E-state index in [9.17, 15) is 14.0 Å². The first-order valence-electron chi connectivity index (χ1n) is 7.91. The van der Waals surface area contributed by atoms with Gasteiger partial charge in [0.25, 0.3) is 0 Å². The Labute approximate surface area is 144 Å². The lowest BCUT2D eigenvalue weighted by molar-refractivity contribution is -0.119. The third-order valence-electron chi connectivity index (χ3n) is 4.57. The van der Waals surface area contributed by atoms with E-state index in [0.29, 0.717) is 22.4 Å². The molecule has 0 saturated carbocycles. The van der Waals surface area contributed by atoms with Gasteiger partial charge in [-0.3, -0.25) is 9.59 Å². The fourth-order valence-electron chi connectivity index (χ4n) is 3.41.